The Morgan fingerprint density at radius 2 is 1.12 bits per heavy atom. The average Bonchev–Trinajstić information content (AvgIpc) is 3.03. The Kier molecular flexibility index (Phi) is 6.26. The Morgan fingerprint density at radius 3 is 1.79 bits per heavy atom. The van der Waals surface area contributed by atoms with Gasteiger partial charge in [-0.1, -0.05) is 85.0 Å². The van der Waals surface area contributed by atoms with E-state index in [2.05, 4.69) is 135 Å². The lowest BCUT2D eigenvalue weighted by molar-refractivity contribution is 0.444. The molecule has 43 heavy (non-hydrogen) atoms. The fourth-order valence-corrected chi connectivity index (χ4v) is 8.01. The highest BCUT2D eigenvalue weighted by molar-refractivity contribution is 7.00. The van der Waals surface area contributed by atoms with Gasteiger partial charge in [0.25, 0.3) is 6.71 Å². The van der Waals surface area contributed by atoms with Gasteiger partial charge >= 0.3 is 0 Å². The average molecular weight is 559 g/mol. The molecule has 212 valence electrons. The van der Waals surface area contributed by atoms with Crippen LogP contribution in [-0.2, 0) is 0 Å². The molecule has 8 rings (SSSR count). The lowest BCUT2D eigenvalue weighted by atomic mass is 9.33. The third-order valence-corrected chi connectivity index (χ3v) is 10.1. The fraction of sp³-hybridized carbons (Fsp3) is 0.250. The SMILES string of the molecule is Cc1ccc2c(c1)B1c3cc(C)ccc3N(c3cc(C)ccc3C)c3cc(C4CCCCC4)cc(c31)N2c1ccccc1. The van der Waals surface area contributed by atoms with Crippen molar-refractivity contribution in [1.29, 1.82) is 0 Å². The number of anilines is 6. The quantitative estimate of drug-likeness (QED) is 0.200. The van der Waals surface area contributed by atoms with Gasteiger partial charge < -0.3 is 9.80 Å². The lowest BCUT2D eigenvalue weighted by Gasteiger charge is -2.45. The Bertz CT molecular complexity index is 1870. The predicted molar refractivity (Wildman–Crippen MR) is 185 cm³/mol. The highest BCUT2D eigenvalue weighted by atomic mass is 15.2. The molecule has 3 aliphatic rings. The molecule has 5 aromatic rings. The summed E-state index contributed by atoms with van der Waals surface area (Å²) in [6, 6.07) is 37.3. The molecule has 2 heterocycles. The van der Waals surface area contributed by atoms with E-state index >= 15 is 0 Å². The maximum atomic E-state index is 2.60. The van der Waals surface area contributed by atoms with Crippen LogP contribution in [0.15, 0.2) is 97.1 Å². The number of rotatable bonds is 3. The van der Waals surface area contributed by atoms with Crippen LogP contribution in [0.4, 0.5) is 34.1 Å². The van der Waals surface area contributed by atoms with E-state index in [0.29, 0.717) is 5.92 Å². The molecule has 0 bridgehead atoms. The van der Waals surface area contributed by atoms with Crippen molar-refractivity contribution < 1.29 is 0 Å². The number of fused-ring (bicyclic) bond motifs is 4. The summed E-state index contributed by atoms with van der Waals surface area (Å²) in [5.41, 5.74) is 18.7. The normalized spacial score (nSPS) is 15.7. The van der Waals surface area contributed by atoms with Crippen molar-refractivity contribution in [2.24, 2.45) is 0 Å². The predicted octanol–water partition coefficient (Wildman–Crippen LogP) is 9.05. The van der Waals surface area contributed by atoms with E-state index in [1.54, 1.807) is 0 Å². The van der Waals surface area contributed by atoms with Gasteiger partial charge in [-0.05, 0) is 122 Å². The molecule has 1 aliphatic carbocycles. The molecule has 0 radical (unpaired) electrons. The Morgan fingerprint density at radius 1 is 0.535 bits per heavy atom. The van der Waals surface area contributed by atoms with Crippen molar-refractivity contribution in [2.75, 3.05) is 9.80 Å². The second-order valence-corrected chi connectivity index (χ2v) is 13.2. The van der Waals surface area contributed by atoms with Crippen LogP contribution in [0.5, 0.6) is 0 Å². The van der Waals surface area contributed by atoms with Crippen LogP contribution in [-0.4, -0.2) is 6.71 Å². The van der Waals surface area contributed by atoms with Gasteiger partial charge in [-0.2, -0.15) is 0 Å². The Labute approximate surface area is 257 Å². The second kappa shape index (κ2) is 10.2. The van der Waals surface area contributed by atoms with E-state index in [1.807, 2.05) is 0 Å². The number of para-hydroxylation sites is 1. The van der Waals surface area contributed by atoms with Crippen molar-refractivity contribution in [3.05, 3.63) is 125 Å². The van der Waals surface area contributed by atoms with Crippen LogP contribution in [0.25, 0.3) is 0 Å². The van der Waals surface area contributed by atoms with Crippen LogP contribution in [0.3, 0.4) is 0 Å². The summed E-state index contributed by atoms with van der Waals surface area (Å²) in [7, 11) is 0. The van der Waals surface area contributed by atoms with Crippen LogP contribution in [0.2, 0.25) is 0 Å². The molecule has 0 spiro atoms. The summed E-state index contributed by atoms with van der Waals surface area (Å²) < 4.78 is 0. The smallest absolute Gasteiger partial charge is 0.252 e. The van der Waals surface area contributed by atoms with E-state index in [1.165, 1.54) is 110 Å². The van der Waals surface area contributed by atoms with Gasteiger partial charge in [0.1, 0.15) is 0 Å². The largest absolute Gasteiger partial charge is 0.311 e. The number of hydrogen-bond acceptors (Lipinski definition) is 2. The number of hydrogen-bond donors (Lipinski definition) is 0. The van der Waals surface area contributed by atoms with Crippen LogP contribution in [0, 0.1) is 27.7 Å². The molecule has 0 atom stereocenters. The Hall–Kier alpha value is -4.24. The van der Waals surface area contributed by atoms with Crippen LogP contribution < -0.4 is 26.2 Å². The van der Waals surface area contributed by atoms with E-state index in [4.69, 9.17) is 0 Å². The van der Waals surface area contributed by atoms with Gasteiger partial charge in [-0.3, -0.25) is 0 Å². The molecule has 1 fully saturated rings. The van der Waals surface area contributed by atoms with E-state index < -0.39 is 0 Å². The zero-order chi connectivity index (χ0) is 29.2. The van der Waals surface area contributed by atoms with Crippen LogP contribution in [0.1, 0.15) is 65.8 Å². The molecule has 0 aromatic heterocycles. The summed E-state index contributed by atoms with van der Waals surface area (Å²) in [5, 5.41) is 0. The van der Waals surface area contributed by atoms with Crippen LogP contribution >= 0.6 is 0 Å². The third-order valence-electron chi connectivity index (χ3n) is 10.1. The highest BCUT2D eigenvalue weighted by Gasteiger charge is 2.44. The molecule has 5 aromatic carbocycles. The summed E-state index contributed by atoms with van der Waals surface area (Å²) in [4.78, 5) is 5.15. The molecule has 1 saturated carbocycles. The van der Waals surface area contributed by atoms with Crippen molar-refractivity contribution in [3.8, 4) is 0 Å². The molecular formula is C40H39BN2. The van der Waals surface area contributed by atoms with Gasteiger partial charge in [-0.25, -0.2) is 0 Å². The molecule has 0 N–H and O–H groups in total. The number of nitrogens with zero attached hydrogens (tertiary/aromatic N) is 2. The van der Waals surface area contributed by atoms with Gasteiger partial charge in [0.05, 0.1) is 0 Å². The van der Waals surface area contributed by atoms with Crippen molar-refractivity contribution in [1.82, 2.24) is 0 Å². The van der Waals surface area contributed by atoms with E-state index in [-0.39, 0.29) is 6.71 Å². The fourth-order valence-electron chi connectivity index (χ4n) is 8.01. The minimum atomic E-state index is 0.177. The van der Waals surface area contributed by atoms with Gasteiger partial charge in [0.15, 0.2) is 0 Å². The summed E-state index contributed by atoms with van der Waals surface area (Å²) >= 11 is 0. The molecule has 2 nitrogen and oxygen atoms in total. The van der Waals surface area contributed by atoms with Crippen molar-refractivity contribution in [2.45, 2.75) is 65.7 Å². The maximum Gasteiger partial charge on any atom is 0.252 e. The zero-order valence-corrected chi connectivity index (χ0v) is 25.8. The lowest BCUT2D eigenvalue weighted by Crippen LogP contribution is -2.61. The summed E-state index contributed by atoms with van der Waals surface area (Å²) in [5.74, 6) is 0.602. The van der Waals surface area contributed by atoms with Crippen molar-refractivity contribution in [3.63, 3.8) is 0 Å². The van der Waals surface area contributed by atoms with Gasteiger partial charge in [-0.15, -0.1) is 0 Å². The number of benzene rings is 5. The second-order valence-electron chi connectivity index (χ2n) is 13.2. The standard InChI is InChI=1S/C40H39BN2/c1-26-16-19-35-33(21-26)41-34-22-27(2)17-20-36(34)43(37-23-28(3)15-18-29(37)4)39-25-31(30-11-7-5-8-12-30)24-38(40(39)41)42(35)32-13-9-6-10-14-32/h6,9-10,13-25,30H,5,7-8,11-12H2,1-4H3. The monoisotopic (exact) mass is 558 g/mol. The first-order valence-electron chi connectivity index (χ1n) is 16.1. The molecule has 0 saturated heterocycles. The zero-order valence-electron chi connectivity index (χ0n) is 25.8. The first-order chi connectivity index (χ1) is 21.0. The molecule has 3 heteroatoms. The minimum absolute atomic E-state index is 0.177. The van der Waals surface area contributed by atoms with Crippen molar-refractivity contribution >= 4 is 57.2 Å². The first-order valence-corrected chi connectivity index (χ1v) is 16.1. The van der Waals surface area contributed by atoms with E-state index in [0.717, 1.165) is 0 Å². The van der Waals surface area contributed by atoms with Gasteiger partial charge in [0, 0.05) is 34.1 Å². The third kappa shape index (κ3) is 4.24. The Balaban J connectivity index is 1.50. The molecule has 0 amide bonds. The molecule has 0 unspecified atom stereocenters. The topological polar surface area (TPSA) is 6.48 Å². The molecule has 2 aliphatic heterocycles. The summed E-state index contributed by atoms with van der Waals surface area (Å²) in [6.45, 7) is 9.13. The first kappa shape index (κ1) is 26.4. The minimum Gasteiger partial charge on any atom is -0.311 e. The summed E-state index contributed by atoms with van der Waals surface area (Å²) in [6.07, 6.45) is 6.57. The maximum absolute atomic E-state index is 2.60. The van der Waals surface area contributed by atoms with Gasteiger partial charge in [0.2, 0.25) is 0 Å². The number of aryl methyl sites for hydroxylation is 4. The highest BCUT2D eigenvalue weighted by Crippen LogP contribution is 2.47. The molecular weight excluding hydrogens is 519 g/mol. The van der Waals surface area contributed by atoms with E-state index in [9.17, 15) is 0 Å².